The molecule has 0 saturated heterocycles. The molecule has 0 aliphatic carbocycles. The minimum atomic E-state index is 0.304. The molecule has 0 amide bonds. The van der Waals surface area contributed by atoms with Gasteiger partial charge in [-0.15, -0.1) is 0 Å². The van der Waals surface area contributed by atoms with Crippen LogP contribution < -0.4 is 10.1 Å². The summed E-state index contributed by atoms with van der Waals surface area (Å²) >= 11 is 0. The topological polar surface area (TPSA) is 21.3 Å². The highest BCUT2D eigenvalue weighted by atomic mass is 16.5. The van der Waals surface area contributed by atoms with E-state index in [-0.39, 0.29) is 0 Å². The van der Waals surface area contributed by atoms with E-state index in [0.29, 0.717) is 12.1 Å². The zero-order valence-electron chi connectivity index (χ0n) is 11.3. The summed E-state index contributed by atoms with van der Waals surface area (Å²) in [4.78, 5) is 0. The van der Waals surface area contributed by atoms with E-state index in [9.17, 15) is 0 Å². The van der Waals surface area contributed by atoms with Crippen LogP contribution in [0.25, 0.3) is 0 Å². The fraction of sp³-hybridized carbons (Fsp3) is 0.600. The zero-order valence-corrected chi connectivity index (χ0v) is 11.3. The lowest BCUT2D eigenvalue weighted by Gasteiger charge is -2.32. The highest BCUT2D eigenvalue weighted by Gasteiger charge is 2.26. The predicted octanol–water partition coefficient (Wildman–Crippen LogP) is 3.52. The van der Waals surface area contributed by atoms with Gasteiger partial charge in [-0.05, 0) is 50.9 Å². The third kappa shape index (κ3) is 2.63. The van der Waals surface area contributed by atoms with Crippen molar-refractivity contribution in [3.8, 4) is 5.75 Å². The Morgan fingerprint density at radius 2 is 2.12 bits per heavy atom. The van der Waals surface area contributed by atoms with Crippen molar-refractivity contribution in [3.05, 3.63) is 28.8 Å². The zero-order chi connectivity index (χ0) is 12.4. The Morgan fingerprint density at radius 3 is 2.82 bits per heavy atom. The van der Waals surface area contributed by atoms with Gasteiger partial charge in [0.15, 0.2) is 0 Å². The average molecular weight is 233 g/mol. The smallest absolute Gasteiger partial charge is 0.125 e. The third-order valence-electron chi connectivity index (χ3n) is 3.38. The summed E-state index contributed by atoms with van der Waals surface area (Å²) in [6.45, 7) is 9.75. The largest absolute Gasteiger partial charge is 0.490 e. The van der Waals surface area contributed by atoms with Crippen LogP contribution in [0, 0.1) is 13.8 Å². The molecule has 2 heteroatoms. The number of hydrogen-bond acceptors (Lipinski definition) is 2. The molecule has 1 aromatic carbocycles. The summed E-state index contributed by atoms with van der Waals surface area (Å²) in [6.07, 6.45) is 2.54. The van der Waals surface area contributed by atoms with Crippen LogP contribution in [0.2, 0.25) is 0 Å². The first-order valence-electron chi connectivity index (χ1n) is 6.63. The molecule has 2 unspecified atom stereocenters. The highest BCUT2D eigenvalue weighted by Crippen LogP contribution is 2.37. The van der Waals surface area contributed by atoms with Crippen LogP contribution in [-0.2, 0) is 0 Å². The maximum absolute atomic E-state index is 5.96. The molecule has 2 rings (SSSR count). The van der Waals surface area contributed by atoms with Crippen molar-refractivity contribution in [2.75, 3.05) is 6.54 Å². The highest BCUT2D eigenvalue weighted by molar-refractivity contribution is 5.46. The maximum atomic E-state index is 5.96. The number of rotatable bonds is 3. The van der Waals surface area contributed by atoms with Crippen LogP contribution in [0.5, 0.6) is 5.75 Å². The molecule has 0 bridgehead atoms. The first-order chi connectivity index (χ1) is 8.11. The van der Waals surface area contributed by atoms with Gasteiger partial charge in [-0.2, -0.15) is 0 Å². The van der Waals surface area contributed by atoms with Gasteiger partial charge in [-0.3, -0.25) is 0 Å². The van der Waals surface area contributed by atoms with Crippen molar-refractivity contribution in [1.29, 1.82) is 0 Å². The van der Waals surface area contributed by atoms with Crippen molar-refractivity contribution in [2.45, 2.75) is 52.7 Å². The first-order valence-corrected chi connectivity index (χ1v) is 6.63. The van der Waals surface area contributed by atoms with Crippen molar-refractivity contribution in [2.24, 2.45) is 0 Å². The summed E-state index contributed by atoms with van der Waals surface area (Å²) in [7, 11) is 0. The number of benzene rings is 1. The van der Waals surface area contributed by atoms with Crippen molar-refractivity contribution in [3.63, 3.8) is 0 Å². The van der Waals surface area contributed by atoms with Gasteiger partial charge < -0.3 is 10.1 Å². The second-order valence-corrected chi connectivity index (χ2v) is 5.16. The van der Waals surface area contributed by atoms with Gasteiger partial charge in [0.05, 0.1) is 6.10 Å². The number of nitrogens with one attached hydrogen (secondary N) is 1. The van der Waals surface area contributed by atoms with E-state index in [1.165, 1.54) is 23.1 Å². The fourth-order valence-electron chi connectivity index (χ4n) is 2.70. The first kappa shape index (κ1) is 12.4. The van der Waals surface area contributed by atoms with E-state index in [1.54, 1.807) is 0 Å². The van der Waals surface area contributed by atoms with E-state index < -0.39 is 0 Å². The summed E-state index contributed by atoms with van der Waals surface area (Å²) < 4.78 is 5.96. The van der Waals surface area contributed by atoms with Crippen LogP contribution in [0.1, 0.15) is 49.4 Å². The van der Waals surface area contributed by atoms with Crippen LogP contribution in [-0.4, -0.2) is 12.6 Å². The molecule has 0 aromatic heterocycles. The normalized spacial score (nSPS) is 23.1. The Morgan fingerprint density at radius 1 is 1.35 bits per heavy atom. The van der Waals surface area contributed by atoms with Crippen LogP contribution in [0.3, 0.4) is 0 Å². The Labute approximate surface area is 104 Å². The SMILES string of the molecule is CCCNC1CC(C)Oc2cc(C)cc(C)c21. The van der Waals surface area contributed by atoms with Crippen molar-refractivity contribution >= 4 is 0 Å². The molecule has 1 aliphatic heterocycles. The molecular weight excluding hydrogens is 210 g/mol. The maximum Gasteiger partial charge on any atom is 0.125 e. The Hall–Kier alpha value is -1.02. The standard InChI is InChI=1S/C15H23NO/c1-5-6-16-13-9-12(4)17-14-8-10(2)7-11(3)15(13)14/h7-8,12-13,16H,5-6,9H2,1-4H3. The molecule has 1 aliphatic rings. The molecule has 2 nitrogen and oxygen atoms in total. The van der Waals surface area contributed by atoms with Gasteiger partial charge in [-0.1, -0.05) is 13.0 Å². The van der Waals surface area contributed by atoms with Gasteiger partial charge >= 0.3 is 0 Å². The molecule has 17 heavy (non-hydrogen) atoms. The Balaban J connectivity index is 2.34. The molecule has 1 aromatic rings. The lowest BCUT2D eigenvalue weighted by molar-refractivity contribution is 0.166. The van der Waals surface area contributed by atoms with Crippen molar-refractivity contribution < 1.29 is 4.74 Å². The van der Waals surface area contributed by atoms with Gasteiger partial charge in [0.1, 0.15) is 5.75 Å². The monoisotopic (exact) mass is 233 g/mol. The quantitative estimate of drug-likeness (QED) is 0.862. The number of fused-ring (bicyclic) bond motifs is 1. The summed E-state index contributed by atoms with van der Waals surface area (Å²) in [6, 6.07) is 4.87. The molecule has 1 N–H and O–H groups in total. The van der Waals surface area contributed by atoms with Crippen LogP contribution in [0.15, 0.2) is 12.1 Å². The second kappa shape index (κ2) is 5.09. The minimum absolute atomic E-state index is 0.304. The van der Waals surface area contributed by atoms with E-state index >= 15 is 0 Å². The van der Waals surface area contributed by atoms with E-state index in [4.69, 9.17) is 4.74 Å². The number of hydrogen-bond donors (Lipinski definition) is 1. The molecule has 94 valence electrons. The van der Waals surface area contributed by atoms with Gasteiger partial charge in [0.25, 0.3) is 0 Å². The molecule has 0 fully saturated rings. The Bertz CT molecular complexity index is 400. The van der Waals surface area contributed by atoms with Crippen molar-refractivity contribution in [1.82, 2.24) is 5.32 Å². The number of aryl methyl sites for hydroxylation is 2. The molecular formula is C15H23NO. The molecule has 1 heterocycles. The Kier molecular flexibility index (Phi) is 3.72. The summed E-state index contributed by atoms with van der Waals surface area (Å²) in [5.41, 5.74) is 3.99. The summed E-state index contributed by atoms with van der Waals surface area (Å²) in [5, 5.41) is 3.64. The second-order valence-electron chi connectivity index (χ2n) is 5.16. The average Bonchev–Trinajstić information content (AvgIpc) is 2.24. The molecule has 0 saturated carbocycles. The van der Waals surface area contributed by atoms with Crippen LogP contribution >= 0.6 is 0 Å². The van der Waals surface area contributed by atoms with Gasteiger partial charge in [-0.25, -0.2) is 0 Å². The minimum Gasteiger partial charge on any atom is -0.490 e. The van der Waals surface area contributed by atoms with E-state index in [0.717, 1.165) is 18.7 Å². The van der Waals surface area contributed by atoms with Gasteiger partial charge in [0, 0.05) is 18.0 Å². The lowest BCUT2D eigenvalue weighted by Crippen LogP contribution is -2.32. The predicted molar refractivity (Wildman–Crippen MR) is 71.7 cm³/mol. The molecule has 2 atom stereocenters. The number of ether oxygens (including phenoxy) is 1. The van der Waals surface area contributed by atoms with E-state index in [1.807, 2.05) is 0 Å². The third-order valence-corrected chi connectivity index (χ3v) is 3.38. The van der Waals surface area contributed by atoms with Gasteiger partial charge in [0.2, 0.25) is 0 Å². The summed E-state index contributed by atoms with van der Waals surface area (Å²) in [5.74, 6) is 1.08. The fourth-order valence-corrected chi connectivity index (χ4v) is 2.70. The molecule has 0 spiro atoms. The van der Waals surface area contributed by atoms with E-state index in [2.05, 4.69) is 45.1 Å². The lowest BCUT2D eigenvalue weighted by atomic mass is 9.92. The van der Waals surface area contributed by atoms with Crippen LogP contribution in [0.4, 0.5) is 0 Å². The molecule has 0 radical (unpaired) electrons.